The molecule has 1 aromatic heterocycles. The zero-order valence-electron chi connectivity index (χ0n) is 13.1. The number of benzene rings is 1. The van der Waals surface area contributed by atoms with E-state index >= 15 is 0 Å². The smallest absolute Gasteiger partial charge is 0.203 e. The van der Waals surface area contributed by atoms with Gasteiger partial charge in [0.15, 0.2) is 0 Å². The highest BCUT2D eigenvalue weighted by molar-refractivity contribution is 5.77. The lowest BCUT2D eigenvalue weighted by Gasteiger charge is -2.32. The number of H-pyrrole nitrogens is 1. The van der Waals surface area contributed by atoms with Gasteiger partial charge in [0, 0.05) is 13.1 Å². The van der Waals surface area contributed by atoms with E-state index in [1.165, 1.54) is 12.8 Å². The van der Waals surface area contributed by atoms with Crippen LogP contribution in [0.2, 0.25) is 0 Å². The lowest BCUT2D eigenvalue weighted by molar-refractivity contribution is 0.372. The van der Waals surface area contributed by atoms with E-state index in [0.717, 1.165) is 55.0 Å². The second-order valence-electron chi connectivity index (χ2n) is 6.56. The molecule has 1 aromatic carbocycles. The van der Waals surface area contributed by atoms with E-state index in [2.05, 4.69) is 47.2 Å². The number of fused-ring (bicyclic) bond motifs is 1. The van der Waals surface area contributed by atoms with Crippen molar-refractivity contribution in [1.82, 2.24) is 15.3 Å². The van der Waals surface area contributed by atoms with Gasteiger partial charge >= 0.3 is 0 Å². The molecule has 1 aliphatic rings. The molecule has 1 saturated heterocycles. The maximum Gasteiger partial charge on any atom is 0.203 e. The van der Waals surface area contributed by atoms with Crippen molar-refractivity contribution in [3.8, 4) is 0 Å². The van der Waals surface area contributed by atoms with Crippen LogP contribution < -0.4 is 10.2 Å². The Morgan fingerprint density at radius 3 is 2.76 bits per heavy atom. The van der Waals surface area contributed by atoms with Gasteiger partial charge in [-0.15, -0.1) is 0 Å². The maximum atomic E-state index is 4.70. The van der Waals surface area contributed by atoms with Gasteiger partial charge in [-0.3, -0.25) is 0 Å². The zero-order chi connectivity index (χ0) is 14.7. The van der Waals surface area contributed by atoms with E-state index in [4.69, 9.17) is 4.98 Å². The third-order valence-electron chi connectivity index (χ3n) is 4.28. The molecule has 1 fully saturated rings. The predicted octanol–water partition coefficient (Wildman–Crippen LogP) is 3.02. The predicted molar refractivity (Wildman–Crippen MR) is 88.7 cm³/mol. The molecule has 114 valence electrons. The second-order valence-corrected chi connectivity index (χ2v) is 6.56. The van der Waals surface area contributed by atoms with Gasteiger partial charge < -0.3 is 15.2 Å². The summed E-state index contributed by atoms with van der Waals surface area (Å²) >= 11 is 0. The fraction of sp³-hybridized carbons (Fsp3) is 0.588. The van der Waals surface area contributed by atoms with E-state index in [0.29, 0.717) is 0 Å². The quantitative estimate of drug-likeness (QED) is 0.888. The molecule has 2 N–H and O–H groups in total. The first kappa shape index (κ1) is 14.4. The van der Waals surface area contributed by atoms with Gasteiger partial charge in [0.05, 0.1) is 11.0 Å². The molecule has 2 aromatic rings. The number of hydrogen-bond donors (Lipinski definition) is 2. The normalized spacial score (nSPS) is 17.0. The maximum absolute atomic E-state index is 4.70. The average Bonchev–Trinajstić information content (AvgIpc) is 2.91. The van der Waals surface area contributed by atoms with Crippen LogP contribution in [0.3, 0.4) is 0 Å². The van der Waals surface area contributed by atoms with Crippen LogP contribution in [0.4, 0.5) is 5.95 Å². The van der Waals surface area contributed by atoms with Gasteiger partial charge in [0.25, 0.3) is 0 Å². The molecule has 0 bridgehead atoms. The fourth-order valence-corrected chi connectivity index (χ4v) is 3.01. The monoisotopic (exact) mass is 286 g/mol. The SMILES string of the molecule is CC(C)CNCC1CCN(c2nc3ccccc3[nH]2)CC1. The first-order chi connectivity index (χ1) is 10.2. The number of para-hydroxylation sites is 2. The summed E-state index contributed by atoms with van der Waals surface area (Å²) in [5.74, 6) is 2.58. The van der Waals surface area contributed by atoms with Gasteiger partial charge in [-0.2, -0.15) is 0 Å². The minimum atomic E-state index is 0.737. The summed E-state index contributed by atoms with van der Waals surface area (Å²) in [5.41, 5.74) is 2.20. The molecular formula is C17H26N4. The molecule has 0 unspecified atom stereocenters. The standard InChI is InChI=1S/C17H26N4/c1-13(2)11-18-12-14-7-9-21(10-8-14)17-19-15-5-3-4-6-16(15)20-17/h3-6,13-14,18H,7-12H2,1-2H3,(H,19,20). The lowest BCUT2D eigenvalue weighted by atomic mass is 9.97. The van der Waals surface area contributed by atoms with Crippen LogP contribution in [0.25, 0.3) is 11.0 Å². The van der Waals surface area contributed by atoms with Crippen LogP contribution in [0.15, 0.2) is 24.3 Å². The van der Waals surface area contributed by atoms with Crippen molar-refractivity contribution in [2.45, 2.75) is 26.7 Å². The van der Waals surface area contributed by atoms with Crippen molar-refractivity contribution in [3.05, 3.63) is 24.3 Å². The number of aromatic amines is 1. The minimum absolute atomic E-state index is 0.737. The number of nitrogens with zero attached hydrogens (tertiary/aromatic N) is 2. The highest BCUT2D eigenvalue weighted by Crippen LogP contribution is 2.23. The molecule has 2 heterocycles. The number of imidazole rings is 1. The minimum Gasteiger partial charge on any atom is -0.342 e. The van der Waals surface area contributed by atoms with Crippen molar-refractivity contribution in [3.63, 3.8) is 0 Å². The Labute approximate surface area is 126 Å². The highest BCUT2D eigenvalue weighted by atomic mass is 15.3. The van der Waals surface area contributed by atoms with Crippen LogP contribution in [0.5, 0.6) is 0 Å². The molecule has 21 heavy (non-hydrogen) atoms. The summed E-state index contributed by atoms with van der Waals surface area (Å²) in [5, 5.41) is 3.59. The van der Waals surface area contributed by atoms with Crippen LogP contribution >= 0.6 is 0 Å². The highest BCUT2D eigenvalue weighted by Gasteiger charge is 2.21. The molecule has 0 aliphatic carbocycles. The van der Waals surface area contributed by atoms with Crippen molar-refractivity contribution < 1.29 is 0 Å². The van der Waals surface area contributed by atoms with E-state index in [1.807, 2.05) is 6.07 Å². The number of rotatable bonds is 5. The third kappa shape index (κ3) is 3.56. The number of piperidine rings is 1. The van der Waals surface area contributed by atoms with Crippen molar-refractivity contribution in [1.29, 1.82) is 0 Å². The summed E-state index contributed by atoms with van der Waals surface area (Å²) in [6.07, 6.45) is 2.50. The second kappa shape index (κ2) is 6.48. The van der Waals surface area contributed by atoms with Gasteiger partial charge in [0.1, 0.15) is 0 Å². The van der Waals surface area contributed by atoms with Crippen LogP contribution in [0, 0.1) is 11.8 Å². The Bertz CT molecular complexity index is 534. The summed E-state index contributed by atoms with van der Waals surface area (Å²) in [4.78, 5) is 10.5. The van der Waals surface area contributed by atoms with Crippen molar-refractivity contribution >= 4 is 17.0 Å². The molecule has 0 atom stereocenters. The van der Waals surface area contributed by atoms with Crippen molar-refractivity contribution in [2.24, 2.45) is 11.8 Å². The van der Waals surface area contributed by atoms with Crippen LogP contribution in [-0.2, 0) is 0 Å². The molecule has 0 spiro atoms. The molecule has 4 nitrogen and oxygen atoms in total. The summed E-state index contributed by atoms with van der Waals surface area (Å²) in [7, 11) is 0. The largest absolute Gasteiger partial charge is 0.342 e. The first-order valence-electron chi connectivity index (χ1n) is 8.13. The van der Waals surface area contributed by atoms with E-state index in [1.54, 1.807) is 0 Å². The third-order valence-corrected chi connectivity index (χ3v) is 4.28. The van der Waals surface area contributed by atoms with E-state index < -0.39 is 0 Å². The van der Waals surface area contributed by atoms with Crippen molar-refractivity contribution in [2.75, 3.05) is 31.1 Å². The first-order valence-corrected chi connectivity index (χ1v) is 8.13. The topological polar surface area (TPSA) is 44.0 Å². The summed E-state index contributed by atoms with van der Waals surface area (Å²) in [6, 6.07) is 8.25. The van der Waals surface area contributed by atoms with Gasteiger partial charge in [-0.1, -0.05) is 26.0 Å². The number of aromatic nitrogens is 2. The van der Waals surface area contributed by atoms with Gasteiger partial charge in [-0.25, -0.2) is 4.98 Å². The Balaban J connectivity index is 1.53. The van der Waals surface area contributed by atoms with Gasteiger partial charge in [-0.05, 0) is 49.9 Å². The van der Waals surface area contributed by atoms with E-state index in [9.17, 15) is 0 Å². The number of nitrogens with one attached hydrogen (secondary N) is 2. The van der Waals surface area contributed by atoms with E-state index in [-0.39, 0.29) is 0 Å². The summed E-state index contributed by atoms with van der Waals surface area (Å²) in [6.45, 7) is 9.02. The Morgan fingerprint density at radius 1 is 1.29 bits per heavy atom. The molecule has 0 saturated carbocycles. The Hall–Kier alpha value is -1.55. The molecule has 0 amide bonds. The molecule has 1 aliphatic heterocycles. The molecule has 4 heteroatoms. The summed E-state index contributed by atoms with van der Waals surface area (Å²) < 4.78 is 0. The number of anilines is 1. The zero-order valence-corrected chi connectivity index (χ0v) is 13.1. The average molecular weight is 286 g/mol. The van der Waals surface area contributed by atoms with Crippen LogP contribution in [-0.4, -0.2) is 36.1 Å². The molecule has 0 radical (unpaired) electrons. The molecular weight excluding hydrogens is 260 g/mol. The Morgan fingerprint density at radius 2 is 2.05 bits per heavy atom. The molecule has 3 rings (SSSR count). The fourth-order valence-electron chi connectivity index (χ4n) is 3.01. The van der Waals surface area contributed by atoms with Crippen LogP contribution in [0.1, 0.15) is 26.7 Å². The van der Waals surface area contributed by atoms with Gasteiger partial charge in [0.2, 0.25) is 5.95 Å². The number of hydrogen-bond acceptors (Lipinski definition) is 3. The lowest BCUT2D eigenvalue weighted by Crippen LogP contribution is -2.38. The Kier molecular flexibility index (Phi) is 4.44.